The number of carbonyl (C=O) groups is 1. The van der Waals surface area contributed by atoms with Crippen LogP contribution in [0.5, 0.6) is 0 Å². The van der Waals surface area contributed by atoms with Crippen molar-refractivity contribution in [3.8, 4) is 0 Å². The van der Waals surface area contributed by atoms with Gasteiger partial charge in [0.15, 0.2) is 0 Å². The third kappa shape index (κ3) is 3.41. The molecule has 20 heavy (non-hydrogen) atoms. The van der Waals surface area contributed by atoms with Gasteiger partial charge < -0.3 is 4.90 Å². The van der Waals surface area contributed by atoms with E-state index in [9.17, 15) is 9.18 Å². The standard InChI is InChI=1S/C16H17FN2O/c1-2-3-11-19(15-8-6-14(17)7-9-15)16(20)13-5-4-10-18-12-13/h4-10,12H,2-3,11H2,1H3. The fourth-order valence-corrected chi connectivity index (χ4v) is 1.93. The lowest BCUT2D eigenvalue weighted by Crippen LogP contribution is -2.32. The van der Waals surface area contributed by atoms with E-state index in [1.54, 1.807) is 41.6 Å². The molecule has 1 aromatic carbocycles. The molecule has 0 saturated heterocycles. The maximum absolute atomic E-state index is 13.0. The van der Waals surface area contributed by atoms with Crippen LogP contribution < -0.4 is 4.90 Å². The number of unbranched alkanes of at least 4 members (excludes halogenated alkanes) is 1. The van der Waals surface area contributed by atoms with Gasteiger partial charge in [0, 0.05) is 24.6 Å². The summed E-state index contributed by atoms with van der Waals surface area (Å²) in [6, 6.07) is 9.45. The van der Waals surface area contributed by atoms with Gasteiger partial charge in [0.1, 0.15) is 5.82 Å². The number of halogens is 1. The van der Waals surface area contributed by atoms with Gasteiger partial charge in [-0.2, -0.15) is 0 Å². The summed E-state index contributed by atoms with van der Waals surface area (Å²) < 4.78 is 13.0. The maximum atomic E-state index is 13.0. The first-order valence-corrected chi connectivity index (χ1v) is 6.70. The average molecular weight is 272 g/mol. The highest BCUT2D eigenvalue weighted by Gasteiger charge is 2.17. The predicted octanol–water partition coefficient (Wildman–Crippen LogP) is 3.67. The Hall–Kier alpha value is -2.23. The van der Waals surface area contributed by atoms with Gasteiger partial charge in [-0.05, 0) is 42.8 Å². The van der Waals surface area contributed by atoms with Crippen LogP contribution in [0.3, 0.4) is 0 Å². The Bertz CT molecular complexity index is 554. The first kappa shape index (κ1) is 14.2. The number of rotatable bonds is 5. The Morgan fingerprint density at radius 2 is 2.00 bits per heavy atom. The zero-order valence-corrected chi connectivity index (χ0v) is 11.4. The molecule has 0 bridgehead atoms. The van der Waals surface area contributed by atoms with E-state index in [0.717, 1.165) is 12.8 Å². The number of hydrogen-bond donors (Lipinski definition) is 0. The molecular weight excluding hydrogens is 255 g/mol. The molecule has 0 fully saturated rings. The molecule has 3 nitrogen and oxygen atoms in total. The van der Waals surface area contributed by atoms with Crippen LogP contribution in [-0.2, 0) is 0 Å². The monoisotopic (exact) mass is 272 g/mol. The minimum Gasteiger partial charge on any atom is -0.308 e. The highest BCUT2D eigenvalue weighted by atomic mass is 19.1. The van der Waals surface area contributed by atoms with E-state index < -0.39 is 0 Å². The van der Waals surface area contributed by atoms with Gasteiger partial charge in [0.2, 0.25) is 0 Å². The Morgan fingerprint density at radius 3 is 2.60 bits per heavy atom. The van der Waals surface area contributed by atoms with Crippen LogP contribution in [0.4, 0.5) is 10.1 Å². The first-order chi connectivity index (χ1) is 9.72. The van der Waals surface area contributed by atoms with Crippen molar-refractivity contribution in [2.45, 2.75) is 19.8 Å². The van der Waals surface area contributed by atoms with Gasteiger partial charge in [-0.25, -0.2) is 4.39 Å². The normalized spacial score (nSPS) is 10.3. The van der Waals surface area contributed by atoms with Crippen LogP contribution in [0.15, 0.2) is 48.8 Å². The minimum absolute atomic E-state index is 0.113. The van der Waals surface area contributed by atoms with Crippen LogP contribution in [0, 0.1) is 5.82 Å². The van der Waals surface area contributed by atoms with Crippen LogP contribution in [-0.4, -0.2) is 17.4 Å². The summed E-state index contributed by atoms with van der Waals surface area (Å²) in [5.41, 5.74) is 1.24. The summed E-state index contributed by atoms with van der Waals surface area (Å²) in [6.07, 6.45) is 5.05. The number of aromatic nitrogens is 1. The van der Waals surface area contributed by atoms with Crippen molar-refractivity contribution < 1.29 is 9.18 Å². The smallest absolute Gasteiger partial charge is 0.259 e. The summed E-state index contributed by atoms with van der Waals surface area (Å²) in [5.74, 6) is -0.420. The highest BCUT2D eigenvalue weighted by molar-refractivity contribution is 6.05. The van der Waals surface area contributed by atoms with Crippen molar-refractivity contribution in [1.29, 1.82) is 0 Å². The van der Waals surface area contributed by atoms with Gasteiger partial charge in [0.25, 0.3) is 5.91 Å². The van der Waals surface area contributed by atoms with Crippen molar-refractivity contribution in [1.82, 2.24) is 4.98 Å². The van der Waals surface area contributed by atoms with Crippen molar-refractivity contribution in [2.24, 2.45) is 0 Å². The van der Waals surface area contributed by atoms with E-state index in [1.165, 1.54) is 12.1 Å². The summed E-state index contributed by atoms with van der Waals surface area (Å²) in [5, 5.41) is 0. The summed E-state index contributed by atoms with van der Waals surface area (Å²) >= 11 is 0. The van der Waals surface area contributed by atoms with Crippen molar-refractivity contribution >= 4 is 11.6 Å². The zero-order chi connectivity index (χ0) is 14.4. The highest BCUT2D eigenvalue weighted by Crippen LogP contribution is 2.18. The van der Waals surface area contributed by atoms with E-state index >= 15 is 0 Å². The third-order valence-electron chi connectivity index (χ3n) is 3.03. The lowest BCUT2D eigenvalue weighted by Gasteiger charge is -2.22. The number of benzene rings is 1. The van der Waals surface area contributed by atoms with E-state index in [-0.39, 0.29) is 11.7 Å². The molecule has 104 valence electrons. The Labute approximate surface area is 118 Å². The van der Waals surface area contributed by atoms with Gasteiger partial charge in [0.05, 0.1) is 5.56 Å². The van der Waals surface area contributed by atoms with Crippen molar-refractivity contribution in [3.63, 3.8) is 0 Å². The van der Waals surface area contributed by atoms with Gasteiger partial charge in [-0.15, -0.1) is 0 Å². The quantitative estimate of drug-likeness (QED) is 0.832. The van der Waals surface area contributed by atoms with Crippen LogP contribution in [0.25, 0.3) is 0 Å². The summed E-state index contributed by atoms with van der Waals surface area (Å²) in [7, 11) is 0. The molecule has 2 aromatic rings. The van der Waals surface area contributed by atoms with E-state index in [1.807, 2.05) is 0 Å². The Morgan fingerprint density at radius 1 is 1.25 bits per heavy atom. The fourth-order valence-electron chi connectivity index (χ4n) is 1.93. The molecular formula is C16H17FN2O. The van der Waals surface area contributed by atoms with Gasteiger partial charge >= 0.3 is 0 Å². The van der Waals surface area contributed by atoms with Crippen LogP contribution in [0.1, 0.15) is 30.1 Å². The minimum atomic E-state index is -0.307. The Balaban J connectivity index is 2.27. The molecule has 4 heteroatoms. The molecule has 1 amide bonds. The van der Waals surface area contributed by atoms with Gasteiger partial charge in [-0.3, -0.25) is 9.78 Å². The molecule has 0 radical (unpaired) electrons. The SMILES string of the molecule is CCCCN(C(=O)c1cccnc1)c1ccc(F)cc1. The maximum Gasteiger partial charge on any atom is 0.259 e. The topological polar surface area (TPSA) is 33.2 Å². The molecule has 0 N–H and O–H groups in total. The number of amides is 1. The zero-order valence-electron chi connectivity index (χ0n) is 11.4. The van der Waals surface area contributed by atoms with Crippen LogP contribution >= 0.6 is 0 Å². The second kappa shape index (κ2) is 6.80. The summed E-state index contributed by atoms with van der Waals surface area (Å²) in [6.45, 7) is 2.67. The van der Waals surface area contributed by atoms with Gasteiger partial charge in [-0.1, -0.05) is 13.3 Å². The van der Waals surface area contributed by atoms with E-state index in [0.29, 0.717) is 17.8 Å². The number of nitrogens with zero attached hydrogens (tertiary/aromatic N) is 2. The molecule has 0 unspecified atom stereocenters. The van der Waals surface area contributed by atoms with Crippen LogP contribution in [0.2, 0.25) is 0 Å². The fraction of sp³-hybridized carbons (Fsp3) is 0.250. The number of carbonyl (C=O) groups excluding carboxylic acids is 1. The second-order valence-electron chi connectivity index (χ2n) is 4.53. The molecule has 2 rings (SSSR count). The van der Waals surface area contributed by atoms with Crippen molar-refractivity contribution in [2.75, 3.05) is 11.4 Å². The molecule has 0 aliphatic carbocycles. The molecule has 0 saturated carbocycles. The molecule has 0 aliphatic heterocycles. The summed E-state index contributed by atoms with van der Waals surface area (Å²) in [4.78, 5) is 18.2. The lowest BCUT2D eigenvalue weighted by molar-refractivity contribution is 0.0986. The molecule has 0 atom stereocenters. The third-order valence-corrected chi connectivity index (χ3v) is 3.03. The second-order valence-corrected chi connectivity index (χ2v) is 4.53. The molecule has 0 spiro atoms. The predicted molar refractivity (Wildman–Crippen MR) is 77.2 cm³/mol. The van der Waals surface area contributed by atoms with E-state index in [4.69, 9.17) is 0 Å². The molecule has 0 aliphatic rings. The number of anilines is 1. The lowest BCUT2D eigenvalue weighted by atomic mass is 10.2. The molecule has 1 aromatic heterocycles. The largest absolute Gasteiger partial charge is 0.308 e. The van der Waals surface area contributed by atoms with E-state index in [2.05, 4.69) is 11.9 Å². The van der Waals surface area contributed by atoms with Crippen molar-refractivity contribution in [3.05, 3.63) is 60.2 Å². The average Bonchev–Trinajstić information content (AvgIpc) is 2.50. The Kier molecular flexibility index (Phi) is 4.82. The number of hydrogen-bond acceptors (Lipinski definition) is 2. The molecule has 1 heterocycles. The first-order valence-electron chi connectivity index (χ1n) is 6.70. The number of pyridine rings is 1.